The summed E-state index contributed by atoms with van der Waals surface area (Å²) in [4.78, 5) is 16.7. The summed E-state index contributed by atoms with van der Waals surface area (Å²) in [6, 6.07) is 17.5. The SMILES string of the molecule is N#CC(C(=O)c1ccccc1)n1cnc2ccccc21. The number of nitrogens with zero attached hydrogens (tertiary/aromatic N) is 3. The molecule has 0 N–H and O–H groups in total. The first-order valence-corrected chi connectivity index (χ1v) is 6.21. The number of aromatic nitrogens is 2. The molecule has 0 aliphatic heterocycles. The van der Waals surface area contributed by atoms with Crippen molar-refractivity contribution in [1.82, 2.24) is 9.55 Å². The maximum atomic E-state index is 12.4. The van der Waals surface area contributed by atoms with E-state index < -0.39 is 6.04 Å². The van der Waals surface area contributed by atoms with Gasteiger partial charge in [0.05, 0.1) is 23.4 Å². The van der Waals surface area contributed by atoms with Gasteiger partial charge in [-0.3, -0.25) is 4.79 Å². The summed E-state index contributed by atoms with van der Waals surface area (Å²) >= 11 is 0. The van der Waals surface area contributed by atoms with Gasteiger partial charge in [-0.2, -0.15) is 5.26 Å². The van der Waals surface area contributed by atoms with Crippen molar-refractivity contribution in [3.8, 4) is 6.07 Å². The second kappa shape index (κ2) is 4.98. The van der Waals surface area contributed by atoms with Crippen molar-refractivity contribution in [2.24, 2.45) is 0 Å². The van der Waals surface area contributed by atoms with E-state index in [9.17, 15) is 10.1 Å². The van der Waals surface area contributed by atoms with Gasteiger partial charge in [-0.05, 0) is 12.1 Å². The standard InChI is InChI=1S/C16H11N3O/c17-10-15(16(20)12-6-2-1-3-7-12)19-11-18-13-8-4-5-9-14(13)19/h1-9,11,15H. The molecule has 3 rings (SSSR count). The number of hydrogen-bond acceptors (Lipinski definition) is 3. The Morgan fingerprint density at radius 2 is 1.80 bits per heavy atom. The molecule has 96 valence electrons. The van der Waals surface area contributed by atoms with Crippen molar-refractivity contribution in [3.63, 3.8) is 0 Å². The van der Waals surface area contributed by atoms with Gasteiger partial charge < -0.3 is 4.57 Å². The quantitative estimate of drug-likeness (QED) is 0.681. The zero-order chi connectivity index (χ0) is 13.9. The van der Waals surface area contributed by atoms with E-state index >= 15 is 0 Å². The Bertz CT molecular complexity index is 799. The first-order chi connectivity index (χ1) is 9.81. The first kappa shape index (κ1) is 12.1. The Hall–Kier alpha value is -2.93. The summed E-state index contributed by atoms with van der Waals surface area (Å²) in [6.07, 6.45) is 1.54. The van der Waals surface area contributed by atoms with E-state index in [0.717, 1.165) is 11.0 Å². The molecule has 2 aromatic carbocycles. The number of rotatable bonds is 3. The molecular formula is C16H11N3O. The predicted molar refractivity (Wildman–Crippen MR) is 75.2 cm³/mol. The third-order valence-corrected chi connectivity index (χ3v) is 3.19. The zero-order valence-corrected chi connectivity index (χ0v) is 10.6. The Labute approximate surface area is 115 Å². The molecule has 0 aliphatic carbocycles. The Balaban J connectivity index is 2.07. The second-order valence-electron chi connectivity index (χ2n) is 4.40. The molecule has 0 saturated carbocycles. The van der Waals surface area contributed by atoms with Crippen LogP contribution in [0.3, 0.4) is 0 Å². The van der Waals surface area contributed by atoms with Crippen molar-refractivity contribution in [2.45, 2.75) is 6.04 Å². The summed E-state index contributed by atoms with van der Waals surface area (Å²) < 4.78 is 1.62. The lowest BCUT2D eigenvalue weighted by molar-refractivity contribution is 0.0954. The average Bonchev–Trinajstić information content (AvgIpc) is 2.93. The van der Waals surface area contributed by atoms with Crippen molar-refractivity contribution >= 4 is 16.8 Å². The lowest BCUT2D eigenvalue weighted by Crippen LogP contribution is -2.17. The summed E-state index contributed by atoms with van der Waals surface area (Å²) in [5.74, 6) is -0.226. The normalized spacial score (nSPS) is 11.9. The van der Waals surface area contributed by atoms with Crippen LogP contribution >= 0.6 is 0 Å². The number of fused-ring (bicyclic) bond motifs is 1. The van der Waals surface area contributed by atoms with Crippen LogP contribution in [0.2, 0.25) is 0 Å². The van der Waals surface area contributed by atoms with Gasteiger partial charge in [-0.15, -0.1) is 0 Å². The van der Waals surface area contributed by atoms with Gasteiger partial charge in [-0.25, -0.2) is 4.98 Å². The number of carbonyl (C=O) groups is 1. The third kappa shape index (κ3) is 1.95. The Kier molecular flexibility index (Phi) is 3.02. The van der Waals surface area contributed by atoms with Crippen molar-refractivity contribution in [1.29, 1.82) is 5.26 Å². The van der Waals surface area contributed by atoms with Crippen LogP contribution < -0.4 is 0 Å². The molecule has 20 heavy (non-hydrogen) atoms. The first-order valence-electron chi connectivity index (χ1n) is 6.21. The second-order valence-corrected chi connectivity index (χ2v) is 4.40. The van der Waals surface area contributed by atoms with Crippen molar-refractivity contribution in [3.05, 3.63) is 66.5 Å². The van der Waals surface area contributed by atoms with Crippen LogP contribution in [0.4, 0.5) is 0 Å². The average molecular weight is 261 g/mol. The van der Waals surface area contributed by atoms with E-state index in [1.54, 1.807) is 35.2 Å². The number of para-hydroxylation sites is 2. The van der Waals surface area contributed by atoms with E-state index in [1.807, 2.05) is 30.3 Å². The monoisotopic (exact) mass is 261 g/mol. The van der Waals surface area contributed by atoms with Crippen LogP contribution in [-0.2, 0) is 0 Å². The molecule has 1 heterocycles. The summed E-state index contributed by atoms with van der Waals surface area (Å²) in [5, 5.41) is 9.37. The Morgan fingerprint density at radius 3 is 2.55 bits per heavy atom. The molecule has 0 bridgehead atoms. The van der Waals surface area contributed by atoms with Gasteiger partial charge in [0, 0.05) is 5.56 Å². The fourth-order valence-electron chi connectivity index (χ4n) is 2.19. The zero-order valence-electron chi connectivity index (χ0n) is 10.6. The minimum absolute atomic E-state index is 0.226. The van der Waals surface area contributed by atoms with Gasteiger partial charge in [0.15, 0.2) is 11.8 Å². The number of nitriles is 1. The number of carbonyl (C=O) groups excluding carboxylic acids is 1. The summed E-state index contributed by atoms with van der Waals surface area (Å²) in [5.41, 5.74) is 2.08. The lowest BCUT2D eigenvalue weighted by atomic mass is 10.1. The smallest absolute Gasteiger partial charge is 0.200 e. The van der Waals surface area contributed by atoms with Gasteiger partial charge in [0.2, 0.25) is 0 Å². The van der Waals surface area contributed by atoms with Crippen LogP contribution in [0.25, 0.3) is 11.0 Å². The Morgan fingerprint density at radius 1 is 1.10 bits per heavy atom. The molecule has 1 unspecified atom stereocenters. The molecule has 4 nitrogen and oxygen atoms in total. The third-order valence-electron chi connectivity index (χ3n) is 3.19. The maximum absolute atomic E-state index is 12.4. The molecular weight excluding hydrogens is 250 g/mol. The largest absolute Gasteiger partial charge is 0.307 e. The molecule has 3 aromatic rings. The minimum Gasteiger partial charge on any atom is -0.307 e. The minimum atomic E-state index is -0.898. The fraction of sp³-hybridized carbons (Fsp3) is 0.0625. The highest BCUT2D eigenvalue weighted by molar-refractivity contribution is 6.01. The molecule has 0 fully saturated rings. The number of imidazole rings is 1. The van der Waals surface area contributed by atoms with E-state index in [4.69, 9.17) is 0 Å². The predicted octanol–water partition coefficient (Wildman–Crippen LogP) is 2.98. The molecule has 0 aliphatic rings. The summed E-state index contributed by atoms with van der Waals surface area (Å²) in [6.45, 7) is 0. The maximum Gasteiger partial charge on any atom is 0.200 e. The molecule has 1 atom stereocenters. The van der Waals surface area contributed by atoms with Crippen molar-refractivity contribution in [2.75, 3.05) is 0 Å². The van der Waals surface area contributed by atoms with E-state index in [2.05, 4.69) is 11.1 Å². The number of Topliss-reactive ketones (excluding diaryl/α,β-unsaturated/α-hetero) is 1. The van der Waals surface area contributed by atoms with Gasteiger partial charge >= 0.3 is 0 Å². The van der Waals surface area contributed by atoms with Crippen LogP contribution in [0.5, 0.6) is 0 Å². The molecule has 0 radical (unpaired) electrons. The number of ketones is 1. The van der Waals surface area contributed by atoms with E-state index in [1.165, 1.54) is 0 Å². The molecule has 4 heteroatoms. The topological polar surface area (TPSA) is 58.7 Å². The molecule has 0 amide bonds. The highest BCUT2D eigenvalue weighted by Gasteiger charge is 2.22. The van der Waals surface area contributed by atoms with Crippen LogP contribution in [0.1, 0.15) is 16.4 Å². The molecule has 1 aromatic heterocycles. The number of hydrogen-bond donors (Lipinski definition) is 0. The molecule has 0 spiro atoms. The summed E-state index contributed by atoms with van der Waals surface area (Å²) in [7, 11) is 0. The highest BCUT2D eigenvalue weighted by Crippen LogP contribution is 2.20. The van der Waals surface area contributed by atoms with Crippen LogP contribution in [0, 0.1) is 11.3 Å². The van der Waals surface area contributed by atoms with Crippen LogP contribution in [-0.4, -0.2) is 15.3 Å². The lowest BCUT2D eigenvalue weighted by Gasteiger charge is -2.10. The van der Waals surface area contributed by atoms with Gasteiger partial charge in [0.25, 0.3) is 0 Å². The van der Waals surface area contributed by atoms with E-state index in [-0.39, 0.29) is 5.78 Å². The fourth-order valence-corrected chi connectivity index (χ4v) is 2.19. The van der Waals surface area contributed by atoms with E-state index in [0.29, 0.717) is 5.56 Å². The number of benzene rings is 2. The van der Waals surface area contributed by atoms with Gasteiger partial charge in [-0.1, -0.05) is 42.5 Å². The van der Waals surface area contributed by atoms with Crippen LogP contribution in [0.15, 0.2) is 60.9 Å². The van der Waals surface area contributed by atoms with Gasteiger partial charge in [0.1, 0.15) is 0 Å². The highest BCUT2D eigenvalue weighted by atomic mass is 16.1. The molecule has 0 saturated heterocycles. The van der Waals surface area contributed by atoms with Crippen molar-refractivity contribution < 1.29 is 4.79 Å².